The second-order valence-corrected chi connectivity index (χ2v) is 6.42. The molecule has 1 aromatic carbocycles. The van der Waals surface area contributed by atoms with Crippen LogP contribution in [-0.2, 0) is 6.42 Å². The number of halogens is 1. The van der Waals surface area contributed by atoms with Gasteiger partial charge in [0.25, 0.3) is 0 Å². The van der Waals surface area contributed by atoms with Crippen LogP contribution in [0.25, 0.3) is 11.0 Å². The molecule has 3 rings (SSSR count). The van der Waals surface area contributed by atoms with E-state index in [4.69, 9.17) is 16.6 Å². The minimum absolute atomic E-state index is 0.401. The first-order valence-corrected chi connectivity index (χ1v) is 7.10. The molecule has 18 heavy (non-hydrogen) atoms. The van der Waals surface area contributed by atoms with Gasteiger partial charge in [0.2, 0.25) is 0 Å². The molecule has 1 fully saturated rings. The quantitative estimate of drug-likeness (QED) is 0.762. The Labute approximate surface area is 113 Å². The van der Waals surface area contributed by atoms with E-state index < -0.39 is 0 Å². The third-order valence-electron chi connectivity index (χ3n) is 4.01. The van der Waals surface area contributed by atoms with Crippen LogP contribution in [0, 0.1) is 12.3 Å². The highest BCUT2D eigenvalue weighted by Gasteiger charge is 2.48. The predicted molar refractivity (Wildman–Crippen MR) is 76.3 cm³/mol. The minimum atomic E-state index is 0.401. The lowest BCUT2D eigenvalue weighted by Gasteiger charge is -2.10. The normalized spacial score (nSPS) is 21.4. The van der Waals surface area contributed by atoms with Crippen molar-refractivity contribution in [1.29, 1.82) is 0 Å². The van der Waals surface area contributed by atoms with Crippen LogP contribution in [0.15, 0.2) is 18.2 Å². The molecule has 1 aromatic heterocycles. The first-order chi connectivity index (χ1) is 8.53. The summed E-state index contributed by atoms with van der Waals surface area (Å²) >= 11 is 5.91. The standard InChI is InChI=1S/C15H19ClN2/c1-10-4-5-11-12(8-10)18(13-9-15(13,2)3)14(17-11)6-7-16/h4-5,8,13H,6-7,9H2,1-3H3. The van der Waals surface area contributed by atoms with Crippen molar-refractivity contribution in [3.63, 3.8) is 0 Å². The summed E-state index contributed by atoms with van der Waals surface area (Å²) < 4.78 is 2.42. The van der Waals surface area contributed by atoms with Gasteiger partial charge in [-0.15, -0.1) is 11.6 Å². The average Bonchev–Trinajstić information content (AvgIpc) is 2.78. The number of imidazole rings is 1. The van der Waals surface area contributed by atoms with Crippen molar-refractivity contribution in [3.8, 4) is 0 Å². The first-order valence-electron chi connectivity index (χ1n) is 6.56. The van der Waals surface area contributed by atoms with Crippen LogP contribution >= 0.6 is 11.6 Å². The molecule has 1 unspecified atom stereocenters. The largest absolute Gasteiger partial charge is 0.324 e. The molecule has 1 aliphatic carbocycles. The number of fused-ring (bicyclic) bond motifs is 1. The second-order valence-electron chi connectivity index (χ2n) is 6.04. The number of benzene rings is 1. The smallest absolute Gasteiger partial charge is 0.111 e. The van der Waals surface area contributed by atoms with Crippen molar-refractivity contribution in [2.75, 3.05) is 5.88 Å². The molecular weight excluding hydrogens is 244 g/mol. The molecule has 2 nitrogen and oxygen atoms in total. The molecule has 0 spiro atoms. The fourth-order valence-electron chi connectivity index (χ4n) is 2.74. The van der Waals surface area contributed by atoms with Crippen LogP contribution in [0.2, 0.25) is 0 Å². The molecule has 0 aliphatic heterocycles. The van der Waals surface area contributed by atoms with E-state index in [2.05, 4.69) is 43.5 Å². The van der Waals surface area contributed by atoms with Gasteiger partial charge < -0.3 is 4.57 Å². The number of hydrogen-bond acceptors (Lipinski definition) is 1. The summed E-state index contributed by atoms with van der Waals surface area (Å²) in [6.45, 7) is 6.78. The Morgan fingerprint density at radius 3 is 2.78 bits per heavy atom. The molecule has 0 bridgehead atoms. The minimum Gasteiger partial charge on any atom is -0.324 e. The van der Waals surface area contributed by atoms with Gasteiger partial charge in [0.15, 0.2) is 0 Å². The Kier molecular flexibility index (Phi) is 2.67. The lowest BCUT2D eigenvalue weighted by molar-refractivity contribution is 0.537. The number of alkyl halides is 1. The van der Waals surface area contributed by atoms with Gasteiger partial charge in [-0.05, 0) is 36.5 Å². The topological polar surface area (TPSA) is 17.8 Å². The van der Waals surface area contributed by atoms with Gasteiger partial charge in [-0.1, -0.05) is 19.9 Å². The fraction of sp³-hybridized carbons (Fsp3) is 0.533. The Bertz CT molecular complexity index is 598. The molecule has 1 atom stereocenters. The summed E-state index contributed by atoms with van der Waals surface area (Å²) in [5.74, 6) is 1.77. The summed E-state index contributed by atoms with van der Waals surface area (Å²) in [6, 6.07) is 7.08. The molecule has 3 heteroatoms. The highest BCUT2D eigenvalue weighted by atomic mass is 35.5. The molecule has 0 saturated heterocycles. The van der Waals surface area contributed by atoms with E-state index in [1.54, 1.807) is 0 Å². The Morgan fingerprint density at radius 1 is 1.44 bits per heavy atom. The van der Waals surface area contributed by atoms with Crippen molar-refractivity contribution in [2.24, 2.45) is 5.41 Å². The fourth-order valence-corrected chi connectivity index (χ4v) is 2.91. The highest BCUT2D eigenvalue weighted by molar-refractivity contribution is 6.17. The molecular formula is C15H19ClN2. The van der Waals surface area contributed by atoms with E-state index in [9.17, 15) is 0 Å². The van der Waals surface area contributed by atoms with Crippen molar-refractivity contribution < 1.29 is 0 Å². The Hall–Kier alpha value is -1.02. The Morgan fingerprint density at radius 2 is 2.17 bits per heavy atom. The van der Waals surface area contributed by atoms with E-state index in [1.165, 1.54) is 17.5 Å². The molecule has 0 amide bonds. The first kappa shape index (κ1) is 12.0. The van der Waals surface area contributed by atoms with Crippen molar-refractivity contribution >= 4 is 22.6 Å². The zero-order valence-corrected chi connectivity index (χ0v) is 12.0. The summed E-state index contributed by atoms with van der Waals surface area (Å²) in [5.41, 5.74) is 4.06. The van der Waals surface area contributed by atoms with Gasteiger partial charge in [0.05, 0.1) is 11.0 Å². The van der Waals surface area contributed by atoms with Gasteiger partial charge in [0.1, 0.15) is 5.82 Å². The number of hydrogen-bond donors (Lipinski definition) is 0. The lowest BCUT2D eigenvalue weighted by atomic mass is 10.1. The monoisotopic (exact) mass is 262 g/mol. The zero-order valence-electron chi connectivity index (χ0n) is 11.2. The summed E-state index contributed by atoms with van der Waals surface area (Å²) in [5, 5.41) is 0. The average molecular weight is 263 g/mol. The van der Waals surface area contributed by atoms with Gasteiger partial charge in [-0.25, -0.2) is 4.98 Å². The maximum atomic E-state index is 5.91. The third kappa shape index (κ3) is 1.83. The van der Waals surface area contributed by atoms with Gasteiger partial charge in [-0.3, -0.25) is 0 Å². The molecule has 0 N–H and O–H groups in total. The molecule has 2 aromatic rings. The molecule has 0 radical (unpaired) electrons. The van der Waals surface area contributed by atoms with Crippen LogP contribution in [0.1, 0.15) is 37.7 Å². The van der Waals surface area contributed by atoms with Crippen molar-refractivity contribution in [2.45, 2.75) is 39.7 Å². The highest BCUT2D eigenvalue weighted by Crippen LogP contribution is 2.56. The number of aromatic nitrogens is 2. The summed E-state index contributed by atoms with van der Waals surface area (Å²) in [7, 11) is 0. The Balaban J connectivity index is 2.18. The maximum Gasteiger partial charge on any atom is 0.111 e. The van der Waals surface area contributed by atoms with Crippen LogP contribution in [-0.4, -0.2) is 15.4 Å². The number of nitrogens with zero attached hydrogens (tertiary/aromatic N) is 2. The lowest BCUT2D eigenvalue weighted by Crippen LogP contribution is -2.06. The second kappa shape index (κ2) is 3.99. The van der Waals surface area contributed by atoms with Gasteiger partial charge >= 0.3 is 0 Å². The summed E-state index contributed by atoms with van der Waals surface area (Å²) in [4.78, 5) is 4.75. The van der Waals surface area contributed by atoms with Gasteiger partial charge in [0, 0.05) is 18.3 Å². The molecule has 1 aliphatic rings. The van der Waals surface area contributed by atoms with Crippen molar-refractivity contribution in [1.82, 2.24) is 9.55 Å². The summed E-state index contributed by atoms with van der Waals surface area (Å²) in [6.07, 6.45) is 2.09. The predicted octanol–water partition coefficient (Wildman–Crippen LogP) is 4.10. The van der Waals surface area contributed by atoms with Crippen LogP contribution in [0.3, 0.4) is 0 Å². The van der Waals surface area contributed by atoms with E-state index in [0.29, 0.717) is 17.3 Å². The van der Waals surface area contributed by atoms with Crippen LogP contribution in [0.4, 0.5) is 0 Å². The van der Waals surface area contributed by atoms with E-state index in [-0.39, 0.29) is 0 Å². The third-order valence-corrected chi connectivity index (χ3v) is 4.20. The van der Waals surface area contributed by atoms with E-state index >= 15 is 0 Å². The number of aryl methyl sites for hydroxylation is 2. The van der Waals surface area contributed by atoms with Crippen molar-refractivity contribution in [3.05, 3.63) is 29.6 Å². The maximum absolute atomic E-state index is 5.91. The molecule has 1 heterocycles. The van der Waals surface area contributed by atoms with Crippen LogP contribution < -0.4 is 0 Å². The molecule has 96 valence electrons. The van der Waals surface area contributed by atoms with E-state index in [0.717, 1.165) is 17.8 Å². The SMILES string of the molecule is Cc1ccc2nc(CCCl)n(C3CC3(C)C)c2c1. The molecule has 1 saturated carbocycles. The zero-order chi connectivity index (χ0) is 12.9. The van der Waals surface area contributed by atoms with Gasteiger partial charge in [-0.2, -0.15) is 0 Å². The van der Waals surface area contributed by atoms with Crippen LogP contribution in [0.5, 0.6) is 0 Å². The number of rotatable bonds is 3. The van der Waals surface area contributed by atoms with E-state index in [1.807, 2.05) is 0 Å².